The smallest absolute Gasteiger partial charge is 0.308 e. The van der Waals surface area contributed by atoms with Crippen molar-refractivity contribution in [2.45, 2.75) is 65.3 Å². The second-order valence-electron chi connectivity index (χ2n) is 9.28. The topological polar surface area (TPSA) is 42.4 Å². The van der Waals surface area contributed by atoms with E-state index in [2.05, 4.69) is 71.4 Å². The van der Waals surface area contributed by atoms with Crippen LogP contribution in [0, 0.1) is 6.92 Å². The molecule has 0 bridgehead atoms. The lowest BCUT2D eigenvalue weighted by Crippen LogP contribution is -2.34. The van der Waals surface area contributed by atoms with E-state index in [-0.39, 0.29) is 24.5 Å². The molecule has 1 heterocycles. The number of ether oxygens (including phenoxy) is 1. The van der Waals surface area contributed by atoms with Gasteiger partial charge >= 0.3 is 5.97 Å². The molecule has 4 heteroatoms. The molecule has 0 spiro atoms. The molecule has 0 N–H and O–H groups in total. The van der Waals surface area contributed by atoms with Crippen molar-refractivity contribution in [3.05, 3.63) is 101 Å². The summed E-state index contributed by atoms with van der Waals surface area (Å²) in [6.45, 7) is 10.6. The average molecular weight is 431 g/mol. The van der Waals surface area contributed by atoms with Crippen LogP contribution in [0.5, 0.6) is 0 Å². The number of hydrogen-bond donors (Lipinski definition) is 0. The zero-order valence-corrected chi connectivity index (χ0v) is 19.8. The molecule has 0 aliphatic carbocycles. The first-order valence-electron chi connectivity index (χ1n) is 11.2. The van der Waals surface area contributed by atoms with E-state index in [9.17, 15) is 4.79 Å². The van der Waals surface area contributed by atoms with Crippen LogP contribution in [0.3, 0.4) is 0 Å². The van der Waals surface area contributed by atoms with Crippen molar-refractivity contribution in [2.75, 3.05) is 0 Å². The molecule has 2 aromatic carbocycles. The zero-order valence-electron chi connectivity index (χ0n) is 19.8. The van der Waals surface area contributed by atoms with Gasteiger partial charge in [0.15, 0.2) is 0 Å². The summed E-state index contributed by atoms with van der Waals surface area (Å²) in [4.78, 5) is 19.9. The molecule has 0 fully saturated rings. The van der Waals surface area contributed by atoms with Crippen molar-refractivity contribution in [1.29, 1.82) is 0 Å². The van der Waals surface area contributed by atoms with Crippen LogP contribution >= 0.6 is 0 Å². The van der Waals surface area contributed by atoms with Crippen LogP contribution in [0.25, 0.3) is 0 Å². The van der Waals surface area contributed by atoms with Gasteiger partial charge in [-0.1, -0.05) is 66.7 Å². The van der Waals surface area contributed by atoms with Gasteiger partial charge in [-0.3, -0.25) is 14.7 Å². The van der Waals surface area contributed by atoms with E-state index in [1.807, 2.05) is 52.1 Å². The van der Waals surface area contributed by atoms with E-state index in [0.717, 1.165) is 11.3 Å². The summed E-state index contributed by atoms with van der Waals surface area (Å²) in [5, 5.41) is 0. The predicted octanol–water partition coefficient (Wildman–Crippen LogP) is 6.43. The number of hydrogen-bond acceptors (Lipinski definition) is 4. The number of aromatic nitrogens is 1. The minimum Gasteiger partial charge on any atom is -0.460 e. The number of carbonyl (C=O) groups excluding carboxylic acids is 1. The third-order valence-corrected chi connectivity index (χ3v) is 5.49. The maximum absolute atomic E-state index is 13.0. The lowest BCUT2D eigenvalue weighted by atomic mass is 9.97. The number of aryl methyl sites for hydroxylation is 1. The van der Waals surface area contributed by atoms with Gasteiger partial charge < -0.3 is 4.74 Å². The van der Waals surface area contributed by atoms with Crippen LogP contribution in [-0.2, 0) is 16.1 Å². The monoisotopic (exact) mass is 430 g/mol. The van der Waals surface area contributed by atoms with Gasteiger partial charge in [-0.2, -0.15) is 0 Å². The summed E-state index contributed by atoms with van der Waals surface area (Å²) in [5.41, 5.74) is 3.85. The second kappa shape index (κ2) is 10.6. The van der Waals surface area contributed by atoms with Crippen molar-refractivity contribution >= 4 is 5.97 Å². The predicted molar refractivity (Wildman–Crippen MR) is 129 cm³/mol. The minimum absolute atomic E-state index is 0.0881. The Bertz CT molecular complexity index is 979. The molecule has 0 aliphatic heterocycles. The Morgan fingerprint density at radius 3 is 2.12 bits per heavy atom. The van der Waals surface area contributed by atoms with Gasteiger partial charge in [0.25, 0.3) is 0 Å². The van der Waals surface area contributed by atoms with E-state index < -0.39 is 5.60 Å². The van der Waals surface area contributed by atoms with E-state index in [1.54, 1.807) is 0 Å². The third kappa shape index (κ3) is 6.76. The van der Waals surface area contributed by atoms with E-state index in [1.165, 1.54) is 11.1 Å². The summed E-state index contributed by atoms with van der Waals surface area (Å²) in [7, 11) is 0. The Hall–Kier alpha value is -2.98. The van der Waals surface area contributed by atoms with Crippen LogP contribution in [0.1, 0.15) is 68.6 Å². The molecule has 168 valence electrons. The molecule has 3 aromatic rings. The highest BCUT2D eigenvalue weighted by Crippen LogP contribution is 2.35. The van der Waals surface area contributed by atoms with Gasteiger partial charge in [0.2, 0.25) is 0 Å². The number of nitrogens with zero attached hydrogens (tertiary/aromatic N) is 2. The quantitative estimate of drug-likeness (QED) is 0.386. The Morgan fingerprint density at radius 1 is 0.938 bits per heavy atom. The van der Waals surface area contributed by atoms with Crippen LogP contribution in [0.4, 0.5) is 0 Å². The van der Waals surface area contributed by atoms with Crippen LogP contribution in [0.2, 0.25) is 0 Å². The molecule has 0 saturated carbocycles. The molecule has 4 nitrogen and oxygen atoms in total. The van der Waals surface area contributed by atoms with Crippen LogP contribution in [-0.4, -0.2) is 21.5 Å². The summed E-state index contributed by atoms with van der Waals surface area (Å²) in [6, 6.07) is 24.8. The van der Waals surface area contributed by atoms with E-state index >= 15 is 0 Å². The average Bonchev–Trinajstić information content (AvgIpc) is 2.76. The first kappa shape index (κ1) is 23.7. The fourth-order valence-corrected chi connectivity index (χ4v) is 3.88. The Balaban J connectivity index is 2.02. The molecule has 0 aliphatic rings. The molecule has 1 unspecified atom stereocenters. The third-order valence-electron chi connectivity index (χ3n) is 5.49. The van der Waals surface area contributed by atoms with Gasteiger partial charge in [0.1, 0.15) is 5.60 Å². The molecule has 0 radical (unpaired) electrons. The zero-order chi connectivity index (χ0) is 23.1. The van der Waals surface area contributed by atoms with Gasteiger partial charge in [0, 0.05) is 30.5 Å². The summed E-state index contributed by atoms with van der Waals surface area (Å²) in [6.07, 6.45) is 2.14. The normalized spacial score (nSPS) is 13.6. The van der Waals surface area contributed by atoms with Crippen molar-refractivity contribution in [1.82, 2.24) is 9.88 Å². The number of rotatable bonds is 8. The first-order chi connectivity index (χ1) is 15.2. The van der Waals surface area contributed by atoms with Gasteiger partial charge in [-0.05, 0) is 57.4 Å². The SMILES string of the molecule is Cc1ccc(C(CC(=O)OC(C)(C)C)N(Cc2ccccc2)[C@@H](C)c2ccccc2)cn1. The molecule has 32 heavy (non-hydrogen) atoms. The Morgan fingerprint density at radius 2 is 1.56 bits per heavy atom. The highest BCUT2D eigenvalue weighted by molar-refractivity contribution is 5.71. The fraction of sp³-hybridized carbons (Fsp3) is 0.357. The van der Waals surface area contributed by atoms with Crippen molar-refractivity contribution in [3.8, 4) is 0 Å². The maximum Gasteiger partial charge on any atom is 0.308 e. The molecular formula is C28H34N2O2. The maximum atomic E-state index is 13.0. The molecule has 3 rings (SSSR count). The fourth-order valence-electron chi connectivity index (χ4n) is 3.88. The Labute approximate surface area is 192 Å². The summed E-state index contributed by atoms with van der Waals surface area (Å²) in [5.74, 6) is -0.207. The lowest BCUT2D eigenvalue weighted by Gasteiger charge is -2.37. The van der Waals surface area contributed by atoms with Gasteiger partial charge in [0.05, 0.1) is 6.42 Å². The largest absolute Gasteiger partial charge is 0.460 e. The molecular weight excluding hydrogens is 396 g/mol. The molecule has 0 amide bonds. The molecule has 0 saturated heterocycles. The number of carbonyl (C=O) groups is 1. The number of pyridine rings is 1. The van der Waals surface area contributed by atoms with Crippen LogP contribution in [0.15, 0.2) is 79.0 Å². The number of esters is 1. The Kier molecular flexibility index (Phi) is 7.81. The first-order valence-corrected chi connectivity index (χ1v) is 11.2. The molecule has 1 aromatic heterocycles. The summed E-state index contributed by atoms with van der Waals surface area (Å²) >= 11 is 0. The van der Waals surface area contributed by atoms with Crippen molar-refractivity contribution in [2.24, 2.45) is 0 Å². The highest BCUT2D eigenvalue weighted by Gasteiger charge is 2.30. The molecule has 2 atom stereocenters. The lowest BCUT2D eigenvalue weighted by molar-refractivity contribution is -0.156. The van der Waals surface area contributed by atoms with Crippen molar-refractivity contribution < 1.29 is 9.53 Å². The number of benzene rings is 2. The van der Waals surface area contributed by atoms with E-state index in [4.69, 9.17) is 4.74 Å². The highest BCUT2D eigenvalue weighted by atomic mass is 16.6. The van der Waals surface area contributed by atoms with Gasteiger partial charge in [-0.15, -0.1) is 0 Å². The van der Waals surface area contributed by atoms with Gasteiger partial charge in [-0.25, -0.2) is 0 Å². The minimum atomic E-state index is -0.525. The van der Waals surface area contributed by atoms with E-state index in [0.29, 0.717) is 6.54 Å². The standard InChI is InChI=1S/C28H34N2O2/c1-21-16-17-25(19-29-21)26(18-27(31)32-28(3,4)5)30(20-23-12-8-6-9-13-23)22(2)24-14-10-7-11-15-24/h6-17,19,22,26H,18,20H2,1-5H3/t22-,26?/m0/s1. The van der Waals surface area contributed by atoms with Crippen molar-refractivity contribution in [3.63, 3.8) is 0 Å². The summed E-state index contributed by atoms with van der Waals surface area (Å²) < 4.78 is 5.71. The van der Waals surface area contributed by atoms with Crippen LogP contribution < -0.4 is 0 Å². The second-order valence-corrected chi connectivity index (χ2v) is 9.28.